The first-order valence-electron chi connectivity index (χ1n) is 6.47. The Morgan fingerprint density at radius 3 is 3.00 bits per heavy atom. The quantitative estimate of drug-likeness (QED) is 0.824. The Morgan fingerprint density at radius 2 is 2.44 bits per heavy atom. The molecule has 1 saturated heterocycles. The fourth-order valence-electron chi connectivity index (χ4n) is 2.52. The van der Waals surface area contributed by atoms with Gasteiger partial charge < -0.3 is 10.1 Å². The lowest BCUT2D eigenvalue weighted by molar-refractivity contribution is 0.0757. The van der Waals surface area contributed by atoms with Gasteiger partial charge in [-0.05, 0) is 26.3 Å². The van der Waals surface area contributed by atoms with E-state index < -0.39 is 0 Å². The van der Waals surface area contributed by atoms with Gasteiger partial charge >= 0.3 is 0 Å². The Hall–Kier alpha value is -1.36. The number of aryl methyl sites for hydroxylation is 1. The maximum absolute atomic E-state index is 12.8. The lowest BCUT2D eigenvalue weighted by Gasteiger charge is -2.32. The number of hydrogen-bond acceptors (Lipinski definition) is 4. The molecule has 0 bridgehead atoms. The van der Waals surface area contributed by atoms with Crippen molar-refractivity contribution in [2.45, 2.75) is 33.2 Å². The van der Waals surface area contributed by atoms with Gasteiger partial charge in [0, 0.05) is 18.5 Å². The Kier molecular flexibility index (Phi) is 3.71. The second-order valence-electron chi connectivity index (χ2n) is 5.05. The summed E-state index contributed by atoms with van der Waals surface area (Å²) >= 11 is 0. The van der Waals surface area contributed by atoms with Crippen LogP contribution < -0.4 is 10.1 Å². The van der Waals surface area contributed by atoms with Crippen molar-refractivity contribution in [3.05, 3.63) is 11.9 Å². The Balaban J connectivity index is 2.35. The average molecular weight is 251 g/mol. The standard InChI is InChI=1S/C13H21N3O2/c1-4-16-11(10(18-3)8-15-16)12(17)13(2)6-5-7-14-9-13/h8,14H,4-7,9H2,1-3H3. The number of rotatable bonds is 4. The van der Waals surface area contributed by atoms with Gasteiger partial charge in [0.05, 0.1) is 13.3 Å². The van der Waals surface area contributed by atoms with Gasteiger partial charge in [0.1, 0.15) is 5.69 Å². The number of Topliss-reactive ketones (excluding diaryl/α,β-unsaturated/α-hetero) is 1. The van der Waals surface area contributed by atoms with Crippen LogP contribution in [-0.4, -0.2) is 35.8 Å². The van der Waals surface area contributed by atoms with Gasteiger partial charge in [0.15, 0.2) is 11.5 Å². The zero-order valence-corrected chi connectivity index (χ0v) is 11.3. The highest BCUT2D eigenvalue weighted by Crippen LogP contribution is 2.33. The SMILES string of the molecule is CCn1ncc(OC)c1C(=O)C1(C)CCCNC1. The summed E-state index contributed by atoms with van der Waals surface area (Å²) in [5.74, 6) is 0.708. The normalized spacial score (nSPS) is 23.9. The molecular formula is C13H21N3O2. The molecule has 1 unspecified atom stereocenters. The van der Waals surface area contributed by atoms with Crippen LogP contribution in [0.2, 0.25) is 0 Å². The number of ether oxygens (including phenoxy) is 1. The van der Waals surface area contributed by atoms with Crippen molar-refractivity contribution in [3.8, 4) is 5.75 Å². The van der Waals surface area contributed by atoms with E-state index in [0.717, 1.165) is 25.9 Å². The number of nitrogens with zero attached hydrogens (tertiary/aromatic N) is 2. The molecule has 0 radical (unpaired) electrons. The van der Waals surface area contributed by atoms with E-state index in [1.807, 2.05) is 13.8 Å². The van der Waals surface area contributed by atoms with Gasteiger partial charge in [-0.15, -0.1) is 0 Å². The van der Waals surface area contributed by atoms with Crippen LogP contribution in [0.1, 0.15) is 37.2 Å². The van der Waals surface area contributed by atoms with Crippen LogP contribution in [0.15, 0.2) is 6.20 Å². The van der Waals surface area contributed by atoms with Crippen LogP contribution in [0.4, 0.5) is 0 Å². The first-order valence-corrected chi connectivity index (χ1v) is 6.47. The number of carbonyl (C=O) groups excluding carboxylic acids is 1. The molecule has 1 aromatic heterocycles. The number of aromatic nitrogens is 2. The van der Waals surface area contributed by atoms with Crippen molar-refractivity contribution in [1.82, 2.24) is 15.1 Å². The summed E-state index contributed by atoms with van der Waals surface area (Å²) in [6.45, 7) is 6.39. The molecule has 0 aromatic carbocycles. The van der Waals surface area contributed by atoms with Crippen LogP contribution in [-0.2, 0) is 6.54 Å². The first-order chi connectivity index (χ1) is 8.62. The Bertz CT molecular complexity index is 412. The summed E-state index contributed by atoms with van der Waals surface area (Å²) in [6, 6.07) is 0. The zero-order valence-electron chi connectivity index (χ0n) is 11.3. The third kappa shape index (κ3) is 2.14. The molecular weight excluding hydrogens is 230 g/mol. The van der Waals surface area contributed by atoms with Crippen molar-refractivity contribution in [2.75, 3.05) is 20.2 Å². The van der Waals surface area contributed by atoms with Crippen molar-refractivity contribution >= 4 is 5.78 Å². The molecule has 1 fully saturated rings. The fraction of sp³-hybridized carbons (Fsp3) is 0.692. The molecule has 18 heavy (non-hydrogen) atoms. The molecule has 100 valence electrons. The molecule has 2 rings (SSSR count). The molecule has 0 amide bonds. The molecule has 1 N–H and O–H groups in total. The van der Waals surface area contributed by atoms with E-state index in [0.29, 0.717) is 18.0 Å². The molecule has 1 atom stereocenters. The van der Waals surface area contributed by atoms with Gasteiger partial charge in [-0.2, -0.15) is 5.10 Å². The van der Waals surface area contributed by atoms with Crippen molar-refractivity contribution < 1.29 is 9.53 Å². The average Bonchev–Trinajstić information content (AvgIpc) is 2.81. The lowest BCUT2D eigenvalue weighted by Crippen LogP contribution is -2.44. The predicted octanol–water partition coefficient (Wildman–Crippen LogP) is 1.48. The van der Waals surface area contributed by atoms with E-state index >= 15 is 0 Å². The van der Waals surface area contributed by atoms with Crippen LogP contribution >= 0.6 is 0 Å². The van der Waals surface area contributed by atoms with E-state index in [2.05, 4.69) is 10.4 Å². The zero-order chi connectivity index (χ0) is 13.2. The molecule has 1 aliphatic heterocycles. The number of methoxy groups -OCH3 is 1. The van der Waals surface area contributed by atoms with Gasteiger partial charge in [0.25, 0.3) is 0 Å². The van der Waals surface area contributed by atoms with Crippen molar-refractivity contribution in [3.63, 3.8) is 0 Å². The minimum absolute atomic E-state index is 0.130. The molecule has 5 nitrogen and oxygen atoms in total. The third-order valence-corrected chi connectivity index (χ3v) is 3.69. The lowest BCUT2D eigenvalue weighted by atomic mass is 9.77. The summed E-state index contributed by atoms with van der Waals surface area (Å²) in [5, 5.41) is 7.50. The summed E-state index contributed by atoms with van der Waals surface area (Å²) in [7, 11) is 1.58. The highest BCUT2D eigenvalue weighted by Gasteiger charge is 2.38. The topological polar surface area (TPSA) is 56.2 Å². The molecule has 1 aliphatic rings. The smallest absolute Gasteiger partial charge is 0.191 e. The minimum atomic E-state index is -0.349. The summed E-state index contributed by atoms with van der Waals surface area (Å²) < 4.78 is 6.98. The first kappa shape index (κ1) is 13.1. The van der Waals surface area contributed by atoms with E-state index in [1.165, 1.54) is 0 Å². The number of ketones is 1. The summed E-state index contributed by atoms with van der Waals surface area (Å²) in [4.78, 5) is 12.8. The highest BCUT2D eigenvalue weighted by atomic mass is 16.5. The van der Waals surface area contributed by atoms with Gasteiger partial charge in [0.2, 0.25) is 0 Å². The third-order valence-electron chi connectivity index (χ3n) is 3.69. The summed E-state index contributed by atoms with van der Waals surface area (Å²) in [5.41, 5.74) is 0.254. The summed E-state index contributed by atoms with van der Waals surface area (Å²) in [6.07, 6.45) is 3.57. The molecule has 0 saturated carbocycles. The molecule has 1 aromatic rings. The minimum Gasteiger partial charge on any atom is -0.493 e. The number of piperidine rings is 1. The van der Waals surface area contributed by atoms with Crippen molar-refractivity contribution in [2.24, 2.45) is 5.41 Å². The number of nitrogens with one attached hydrogen (secondary N) is 1. The second-order valence-corrected chi connectivity index (χ2v) is 5.05. The maximum Gasteiger partial charge on any atom is 0.191 e. The van der Waals surface area contributed by atoms with Crippen LogP contribution in [0.3, 0.4) is 0 Å². The van der Waals surface area contributed by atoms with E-state index in [-0.39, 0.29) is 11.2 Å². The monoisotopic (exact) mass is 251 g/mol. The highest BCUT2D eigenvalue weighted by molar-refractivity contribution is 6.01. The Morgan fingerprint density at radius 1 is 1.67 bits per heavy atom. The van der Waals surface area contributed by atoms with E-state index in [9.17, 15) is 4.79 Å². The van der Waals surface area contributed by atoms with Crippen LogP contribution in [0.5, 0.6) is 5.75 Å². The largest absolute Gasteiger partial charge is 0.493 e. The molecule has 5 heteroatoms. The molecule has 2 heterocycles. The van der Waals surface area contributed by atoms with Crippen LogP contribution in [0, 0.1) is 5.41 Å². The fourth-order valence-corrected chi connectivity index (χ4v) is 2.52. The second kappa shape index (κ2) is 5.10. The predicted molar refractivity (Wildman–Crippen MR) is 69.0 cm³/mol. The van der Waals surface area contributed by atoms with Crippen LogP contribution in [0.25, 0.3) is 0 Å². The van der Waals surface area contributed by atoms with E-state index in [4.69, 9.17) is 4.74 Å². The van der Waals surface area contributed by atoms with E-state index in [1.54, 1.807) is 18.0 Å². The molecule has 0 aliphatic carbocycles. The number of carbonyl (C=O) groups is 1. The maximum atomic E-state index is 12.8. The number of hydrogen-bond donors (Lipinski definition) is 1. The molecule has 0 spiro atoms. The van der Waals surface area contributed by atoms with Gasteiger partial charge in [-0.25, -0.2) is 0 Å². The van der Waals surface area contributed by atoms with Gasteiger partial charge in [-0.3, -0.25) is 9.48 Å². The van der Waals surface area contributed by atoms with Gasteiger partial charge in [-0.1, -0.05) is 6.92 Å². The van der Waals surface area contributed by atoms with Crippen molar-refractivity contribution in [1.29, 1.82) is 0 Å². The Labute approximate surface area is 108 Å².